The van der Waals surface area contributed by atoms with Gasteiger partial charge in [0.25, 0.3) is 11.8 Å². The maximum Gasteiger partial charge on any atom is 0.271 e. The van der Waals surface area contributed by atoms with Crippen molar-refractivity contribution in [3.05, 3.63) is 50.7 Å². The highest BCUT2D eigenvalue weighted by Gasteiger charge is 2.12. The summed E-state index contributed by atoms with van der Waals surface area (Å²) in [6.45, 7) is 3.72. The number of hydrogen-bond acceptors (Lipinski definition) is 3. The van der Waals surface area contributed by atoms with Gasteiger partial charge in [0, 0.05) is 10.2 Å². The topological polar surface area (TPSA) is 76.0 Å². The van der Waals surface area contributed by atoms with Crippen molar-refractivity contribution < 1.29 is 9.59 Å². The van der Waals surface area contributed by atoms with Crippen molar-refractivity contribution in [1.29, 1.82) is 0 Å². The van der Waals surface area contributed by atoms with Crippen LogP contribution in [-0.2, 0) is 11.3 Å². The average molecular weight is 386 g/mol. The van der Waals surface area contributed by atoms with Gasteiger partial charge in [-0.25, -0.2) is 0 Å². The Balaban J connectivity index is 1.95. The molecule has 0 unspecified atom stereocenters. The molecule has 2 amide bonds. The first-order valence-electron chi connectivity index (χ1n) is 6.42. The molecule has 0 bridgehead atoms. The number of nitrogens with one attached hydrogen (secondary N) is 2. The summed E-state index contributed by atoms with van der Waals surface area (Å²) in [6, 6.07) is 6.76. The lowest BCUT2D eigenvalue weighted by atomic mass is 10.2. The van der Waals surface area contributed by atoms with Gasteiger partial charge in [0.15, 0.2) is 0 Å². The van der Waals surface area contributed by atoms with E-state index in [0.717, 1.165) is 15.9 Å². The minimum absolute atomic E-state index is 0.0200. The molecule has 116 valence electrons. The third-order valence-corrected chi connectivity index (χ3v) is 3.71. The molecule has 0 saturated heterocycles. The molecule has 0 aliphatic heterocycles. The van der Waals surface area contributed by atoms with Crippen LogP contribution in [0.15, 0.2) is 28.7 Å². The second kappa shape index (κ2) is 6.93. The summed E-state index contributed by atoms with van der Waals surface area (Å²) >= 11 is 9.21. The predicted molar refractivity (Wildman–Crippen MR) is 86.5 cm³/mol. The van der Waals surface area contributed by atoms with Crippen LogP contribution in [0.4, 0.5) is 0 Å². The third kappa shape index (κ3) is 4.08. The molecule has 1 aromatic heterocycles. The van der Waals surface area contributed by atoms with Crippen LogP contribution in [0.2, 0.25) is 5.02 Å². The number of rotatable bonds is 3. The fourth-order valence-electron chi connectivity index (χ4n) is 1.88. The van der Waals surface area contributed by atoms with Crippen LogP contribution in [0.3, 0.4) is 0 Å². The number of aromatic nitrogens is 2. The summed E-state index contributed by atoms with van der Waals surface area (Å²) in [5.41, 5.74) is 6.63. The van der Waals surface area contributed by atoms with Crippen LogP contribution >= 0.6 is 27.5 Å². The van der Waals surface area contributed by atoms with E-state index in [2.05, 4.69) is 31.9 Å². The first-order chi connectivity index (χ1) is 10.4. The summed E-state index contributed by atoms with van der Waals surface area (Å²) in [5.74, 6) is -0.876. The lowest BCUT2D eigenvalue weighted by molar-refractivity contribution is -0.122. The molecule has 0 fully saturated rings. The summed E-state index contributed by atoms with van der Waals surface area (Å²) < 4.78 is 2.28. The van der Waals surface area contributed by atoms with Crippen molar-refractivity contribution in [1.82, 2.24) is 20.6 Å². The highest BCUT2D eigenvalue weighted by atomic mass is 79.9. The van der Waals surface area contributed by atoms with Gasteiger partial charge in [0.2, 0.25) is 0 Å². The number of amides is 2. The van der Waals surface area contributed by atoms with Crippen LogP contribution in [0.25, 0.3) is 0 Å². The molecule has 2 rings (SSSR count). The number of hydrogen-bond donors (Lipinski definition) is 2. The maximum absolute atomic E-state index is 12.0. The van der Waals surface area contributed by atoms with E-state index in [1.54, 1.807) is 22.9 Å². The zero-order chi connectivity index (χ0) is 16.3. The van der Waals surface area contributed by atoms with E-state index in [1.165, 1.54) is 0 Å². The minimum atomic E-state index is -0.493. The van der Waals surface area contributed by atoms with Crippen LogP contribution in [0, 0.1) is 13.8 Å². The van der Waals surface area contributed by atoms with E-state index < -0.39 is 5.91 Å². The van der Waals surface area contributed by atoms with E-state index in [-0.39, 0.29) is 18.0 Å². The van der Waals surface area contributed by atoms with E-state index in [4.69, 9.17) is 11.6 Å². The van der Waals surface area contributed by atoms with Crippen LogP contribution in [-0.4, -0.2) is 21.6 Å². The Bertz CT molecular complexity index is 730. The molecule has 0 atom stereocenters. The second-order valence-corrected chi connectivity index (χ2v) is 6.03. The summed E-state index contributed by atoms with van der Waals surface area (Å²) in [7, 11) is 0. The Morgan fingerprint density at radius 1 is 1.27 bits per heavy atom. The van der Waals surface area contributed by atoms with Gasteiger partial charge >= 0.3 is 0 Å². The molecule has 2 N–H and O–H groups in total. The molecule has 0 aliphatic carbocycles. The average Bonchev–Trinajstić information content (AvgIpc) is 2.77. The lowest BCUT2D eigenvalue weighted by Gasteiger charge is -2.09. The van der Waals surface area contributed by atoms with Crippen molar-refractivity contribution in [3.63, 3.8) is 0 Å². The highest BCUT2D eigenvalue weighted by Crippen LogP contribution is 2.20. The number of nitrogens with zero attached hydrogens (tertiary/aromatic N) is 2. The van der Waals surface area contributed by atoms with Crippen LogP contribution in [0.5, 0.6) is 0 Å². The van der Waals surface area contributed by atoms with Gasteiger partial charge in [-0.2, -0.15) is 5.10 Å². The molecule has 0 saturated carbocycles. The van der Waals surface area contributed by atoms with Gasteiger partial charge in [-0.05, 0) is 38.1 Å². The molecule has 1 aromatic carbocycles. The van der Waals surface area contributed by atoms with E-state index >= 15 is 0 Å². The standard InChI is InChI=1S/C14H14BrClN4O2/c1-8-5-9(2)20(19-8)7-13(21)17-18-14(22)11-6-10(15)3-4-12(11)16/h3-6H,7H2,1-2H3,(H,17,21)(H,18,22). The summed E-state index contributed by atoms with van der Waals surface area (Å²) in [5, 5.41) is 4.48. The number of halogens is 2. The van der Waals surface area contributed by atoms with Crippen molar-refractivity contribution in [3.8, 4) is 0 Å². The van der Waals surface area contributed by atoms with E-state index in [9.17, 15) is 9.59 Å². The molecule has 2 aromatic rings. The molecule has 0 radical (unpaired) electrons. The van der Waals surface area contributed by atoms with Gasteiger partial charge in [0.05, 0.1) is 16.3 Å². The third-order valence-electron chi connectivity index (χ3n) is 2.89. The molecule has 8 heteroatoms. The van der Waals surface area contributed by atoms with Gasteiger partial charge in [0.1, 0.15) is 6.54 Å². The Hall–Kier alpha value is -1.86. The fraction of sp³-hybridized carbons (Fsp3) is 0.214. The lowest BCUT2D eigenvalue weighted by Crippen LogP contribution is -2.43. The highest BCUT2D eigenvalue weighted by molar-refractivity contribution is 9.10. The molecule has 22 heavy (non-hydrogen) atoms. The quantitative estimate of drug-likeness (QED) is 0.797. The maximum atomic E-state index is 12.0. The van der Waals surface area contributed by atoms with Crippen molar-refractivity contribution in [2.75, 3.05) is 0 Å². The molecular weight excluding hydrogens is 372 g/mol. The Morgan fingerprint density at radius 3 is 2.64 bits per heavy atom. The fourth-order valence-corrected chi connectivity index (χ4v) is 2.44. The van der Waals surface area contributed by atoms with Crippen LogP contribution < -0.4 is 10.9 Å². The Labute approximate surface area is 140 Å². The zero-order valence-electron chi connectivity index (χ0n) is 12.0. The Morgan fingerprint density at radius 2 is 2.00 bits per heavy atom. The van der Waals surface area contributed by atoms with Crippen molar-refractivity contribution in [2.24, 2.45) is 0 Å². The number of benzene rings is 1. The van der Waals surface area contributed by atoms with Gasteiger partial charge < -0.3 is 0 Å². The predicted octanol–water partition coefficient (Wildman–Crippen LogP) is 2.38. The zero-order valence-corrected chi connectivity index (χ0v) is 14.3. The molecule has 0 aliphatic rings. The second-order valence-electron chi connectivity index (χ2n) is 4.71. The number of carbonyl (C=O) groups excluding carboxylic acids is 2. The smallest absolute Gasteiger partial charge is 0.271 e. The van der Waals surface area contributed by atoms with Crippen LogP contribution in [0.1, 0.15) is 21.7 Å². The Kier molecular flexibility index (Phi) is 5.20. The number of carbonyl (C=O) groups is 2. The first kappa shape index (κ1) is 16.5. The molecular formula is C14H14BrClN4O2. The largest absolute Gasteiger partial charge is 0.271 e. The van der Waals surface area contributed by atoms with Crippen molar-refractivity contribution >= 4 is 39.3 Å². The van der Waals surface area contributed by atoms with E-state index in [1.807, 2.05) is 19.9 Å². The minimum Gasteiger partial charge on any atom is -0.271 e. The van der Waals surface area contributed by atoms with Gasteiger partial charge in [-0.15, -0.1) is 0 Å². The SMILES string of the molecule is Cc1cc(C)n(CC(=O)NNC(=O)c2cc(Br)ccc2Cl)n1. The van der Waals surface area contributed by atoms with E-state index in [0.29, 0.717) is 5.02 Å². The first-order valence-corrected chi connectivity index (χ1v) is 7.59. The van der Waals surface area contributed by atoms with Gasteiger partial charge in [-0.3, -0.25) is 25.1 Å². The van der Waals surface area contributed by atoms with Crippen molar-refractivity contribution in [2.45, 2.75) is 20.4 Å². The molecule has 0 spiro atoms. The van der Waals surface area contributed by atoms with Gasteiger partial charge in [-0.1, -0.05) is 27.5 Å². The monoisotopic (exact) mass is 384 g/mol. The molecule has 6 nitrogen and oxygen atoms in total. The summed E-state index contributed by atoms with van der Waals surface area (Å²) in [4.78, 5) is 23.8. The normalized spacial score (nSPS) is 10.4. The summed E-state index contributed by atoms with van der Waals surface area (Å²) in [6.07, 6.45) is 0. The number of aryl methyl sites for hydroxylation is 2. The number of hydrazine groups is 1. The molecule has 1 heterocycles.